The molecule has 6 nitrogen and oxygen atoms in total. The number of hydrogen-bond donors (Lipinski definition) is 0. The number of rotatable bonds is 5. The molecule has 2 aliphatic rings. The number of hydrogen-bond acceptors (Lipinski definition) is 4. The standard InChI is InChI=1S/C23H29N5O/c1-3-20-16-21(19-8-6-7-18(2)15-19)25-28(20)17-23(29)27-13-11-26(12-14-27)22-9-4-5-10-24-22/h4-10,16,18H,3,11-15,17H2,1-2H3. The number of piperazine rings is 1. The molecule has 29 heavy (non-hydrogen) atoms. The van der Waals surface area contributed by atoms with Crippen molar-refractivity contribution in [1.29, 1.82) is 0 Å². The van der Waals surface area contributed by atoms with Gasteiger partial charge in [0.05, 0.1) is 5.69 Å². The van der Waals surface area contributed by atoms with E-state index in [1.165, 1.54) is 5.57 Å². The monoisotopic (exact) mass is 391 g/mol. The van der Waals surface area contributed by atoms with Crippen LogP contribution < -0.4 is 4.90 Å². The van der Waals surface area contributed by atoms with Gasteiger partial charge in [-0.05, 0) is 42.5 Å². The molecule has 4 rings (SSSR count). The van der Waals surface area contributed by atoms with Gasteiger partial charge in [-0.1, -0.05) is 38.1 Å². The Balaban J connectivity index is 1.40. The van der Waals surface area contributed by atoms with Gasteiger partial charge in [0.1, 0.15) is 12.4 Å². The molecule has 0 N–H and O–H groups in total. The molecule has 3 heterocycles. The van der Waals surface area contributed by atoms with Crippen LogP contribution in [-0.2, 0) is 17.8 Å². The predicted molar refractivity (Wildman–Crippen MR) is 116 cm³/mol. The van der Waals surface area contributed by atoms with Crippen LogP contribution in [-0.4, -0.2) is 51.8 Å². The van der Waals surface area contributed by atoms with Gasteiger partial charge >= 0.3 is 0 Å². The molecule has 1 saturated heterocycles. The highest BCUT2D eigenvalue weighted by Crippen LogP contribution is 2.27. The summed E-state index contributed by atoms with van der Waals surface area (Å²) in [5.74, 6) is 1.65. The Morgan fingerprint density at radius 2 is 2.03 bits per heavy atom. The van der Waals surface area contributed by atoms with E-state index >= 15 is 0 Å². The van der Waals surface area contributed by atoms with Gasteiger partial charge in [0.2, 0.25) is 5.91 Å². The minimum absolute atomic E-state index is 0.140. The fourth-order valence-electron chi connectivity index (χ4n) is 4.02. The smallest absolute Gasteiger partial charge is 0.244 e. The van der Waals surface area contributed by atoms with Gasteiger partial charge in [0.15, 0.2) is 0 Å². The molecule has 0 spiro atoms. The SMILES string of the molecule is CCc1cc(C2=CC=CC(C)C2)nn1CC(=O)N1CCN(c2ccccn2)CC1. The number of pyridine rings is 1. The van der Waals surface area contributed by atoms with Crippen LogP contribution in [0, 0.1) is 5.92 Å². The van der Waals surface area contributed by atoms with Crippen LogP contribution >= 0.6 is 0 Å². The molecule has 0 aromatic carbocycles. The summed E-state index contributed by atoms with van der Waals surface area (Å²) in [5, 5.41) is 4.78. The second kappa shape index (κ2) is 8.64. The van der Waals surface area contributed by atoms with E-state index in [4.69, 9.17) is 5.10 Å². The molecule has 0 bridgehead atoms. The van der Waals surface area contributed by atoms with Crippen LogP contribution in [0.5, 0.6) is 0 Å². The van der Waals surface area contributed by atoms with Gasteiger partial charge in [-0.3, -0.25) is 9.48 Å². The lowest BCUT2D eigenvalue weighted by Crippen LogP contribution is -2.50. The van der Waals surface area contributed by atoms with E-state index in [1.807, 2.05) is 34.0 Å². The van der Waals surface area contributed by atoms with Crippen LogP contribution in [0.25, 0.3) is 5.57 Å². The van der Waals surface area contributed by atoms with Crippen molar-refractivity contribution in [3.63, 3.8) is 0 Å². The summed E-state index contributed by atoms with van der Waals surface area (Å²) in [6, 6.07) is 8.09. The zero-order valence-electron chi connectivity index (χ0n) is 17.3. The van der Waals surface area contributed by atoms with Crippen molar-refractivity contribution in [3.05, 3.63) is 60.1 Å². The van der Waals surface area contributed by atoms with Crippen molar-refractivity contribution in [2.75, 3.05) is 31.1 Å². The number of aryl methyl sites for hydroxylation is 1. The van der Waals surface area contributed by atoms with E-state index in [1.54, 1.807) is 0 Å². The number of amides is 1. The Bertz CT molecular complexity index is 907. The van der Waals surface area contributed by atoms with Crippen LogP contribution in [0.1, 0.15) is 31.7 Å². The maximum absolute atomic E-state index is 12.9. The van der Waals surface area contributed by atoms with E-state index in [2.05, 4.69) is 48.0 Å². The van der Waals surface area contributed by atoms with Crippen molar-refractivity contribution in [3.8, 4) is 0 Å². The molecule has 1 atom stereocenters. The molecular formula is C23H29N5O. The summed E-state index contributed by atoms with van der Waals surface area (Å²) in [6.45, 7) is 7.71. The summed E-state index contributed by atoms with van der Waals surface area (Å²) < 4.78 is 1.90. The van der Waals surface area contributed by atoms with E-state index in [9.17, 15) is 4.79 Å². The molecule has 2 aromatic heterocycles. The van der Waals surface area contributed by atoms with Crippen molar-refractivity contribution >= 4 is 17.3 Å². The maximum atomic E-state index is 12.9. The van der Waals surface area contributed by atoms with Gasteiger partial charge in [-0.2, -0.15) is 5.10 Å². The van der Waals surface area contributed by atoms with Gasteiger partial charge in [0.25, 0.3) is 0 Å². The first kappa shape index (κ1) is 19.4. The van der Waals surface area contributed by atoms with Gasteiger partial charge < -0.3 is 9.80 Å². The highest BCUT2D eigenvalue weighted by atomic mass is 16.2. The summed E-state index contributed by atoms with van der Waals surface area (Å²) in [4.78, 5) is 21.5. The zero-order valence-corrected chi connectivity index (χ0v) is 17.3. The molecule has 2 aromatic rings. The molecular weight excluding hydrogens is 362 g/mol. The van der Waals surface area contributed by atoms with Gasteiger partial charge in [-0.25, -0.2) is 4.98 Å². The molecule has 1 amide bonds. The quantitative estimate of drug-likeness (QED) is 0.786. The number of allylic oxidation sites excluding steroid dienone is 4. The normalized spacial score (nSPS) is 19.4. The number of aromatic nitrogens is 3. The third-order valence-corrected chi connectivity index (χ3v) is 5.72. The Kier molecular flexibility index (Phi) is 5.79. The number of carbonyl (C=O) groups is 1. The average Bonchev–Trinajstić information content (AvgIpc) is 3.17. The fraction of sp³-hybridized carbons (Fsp3) is 0.435. The number of anilines is 1. The van der Waals surface area contributed by atoms with Crippen LogP contribution in [0.3, 0.4) is 0 Å². The third kappa shape index (κ3) is 4.42. The molecule has 0 saturated carbocycles. The Morgan fingerprint density at radius 3 is 2.72 bits per heavy atom. The summed E-state index contributed by atoms with van der Waals surface area (Å²) in [6.07, 6.45) is 10.2. The van der Waals surface area contributed by atoms with Crippen LogP contribution in [0.15, 0.2) is 48.7 Å². The summed E-state index contributed by atoms with van der Waals surface area (Å²) in [5.41, 5.74) is 3.37. The van der Waals surface area contributed by atoms with Gasteiger partial charge in [0, 0.05) is 38.1 Å². The largest absolute Gasteiger partial charge is 0.353 e. The second-order valence-corrected chi connectivity index (χ2v) is 7.85. The van der Waals surface area contributed by atoms with Crippen LogP contribution in [0.4, 0.5) is 5.82 Å². The Morgan fingerprint density at radius 1 is 1.21 bits per heavy atom. The van der Waals surface area contributed by atoms with Crippen molar-refractivity contribution < 1.29 is 4.79 Å². The molecule has 1 unspecified atom stereocenters. The van der Waals surface area contributed by atoms with E-state index in [-0.39, 0.29) is 5.91 Å². The average molecular weight is 392 g/mol. The summed E-state index contributed by atoms with van der Waals surface area (Å²) >= 11 is 0. The highest BCUT2D eigenvalue weighted by Gasteiger charge is 2.23. The van der Waals surface area contributed by atoms with Crippen molar-refractivity contribution in [2.24, 2.45) is 5.92 Å². The first-order chi connectivity index (χ1) is 14.1. The topological polar surface area (TPSA) is 54.3 Å². The number of carbonyl (C=O) groups excluding carboxylic acids is 1. The number of nitrogens with zero attached hydrogens (tertiary/aromatic N) is 5. The van der Waals surface area contributed by atoms with Crippen molar-refractivity contribution in [2.45, 2.75) is 33.2 Å². The van der Waals surface area contributed by atoms with E-state index in [0.717, 1.165) is 56.2 Å². The Hall–Kier alpha value is -2.89. The predicted octanol–water partition coefficient (Wildman–Crippen LogP) is 3.17. The minimum Gasteiger partial charge on any atom is -0.353 e. The molecule has 1 aliphatic carbocycles. The Labute approximate surface area is 172 Å². The lowest BCUT2D eigenvalue weighted by molar-refractivity contribution is -0.132. The maximum Gasteiger partial charge on any atom is 0.244 e. The van der Waals surface area contributed by atoms with E-state index in [0.29, 0.717) is 12.5 Å². The molecule has 6 heteroatoms. The van der Waals surface area contributed by atoms with Crippen molar-refractivity contribution in [1.82, 2.24) is 19.7 Å². The summed E-state index contributed by atoms with van der Waals surface area (Å²) in [7, 11) is 0. The van der Waals surface area contributed by atoms with E-state index < -0.39 is 0 Å². The first-order valence-corrected chi connectivity index (χ1v) is 10.5. The lowest BCUT2D eigenvalue weighted by Gasteiger charge is -2.35. The highest BCUT2D eigenvalue weighted by molar-refractivity contribution is 5.76. The van der Waals surface area contributed by atoms with Crippen LogP contribution in [0.2, 0.25) is 0 Å². The molecule has 152 valence electrons. The zero-order chi connectivity index (χ0) is 20.2. The third-order valence-electron chi connectivity index (χ3n) is 5.72. The van der Waals surface area contributed by atoms with Gasteiger partial charge in [-0.15, -0.1) is 0 Å². The molecule has 1 fully saturated rings. The second-order valence-electron chi connectivity index (χ2n) is 7.85. The minimum atomic E-state index is 0.140. The lowest BCUT2D eigenvalue weighted by atomic mass is 9.94. The molecule has 1 aliphatic heterocycles. The first-order valence-electron chi connectivity index (χ1n) is 10.5. The molecule has 0 radical (unpaired) electrons. The fourth-order valence-corrected chi connectivity index (χ4v) is 4.02.